The first-order valence-corrected chi connectivity index (χ1v) is 5.53. The summed E-state index contributed by atoms with van der Waals surface area (Å²) in [5.74, 6) is -0.696. The van der Waals surface area contributed by atoms with Crippen LogP contribution in [-0.4, -0.2) is 22.4 Å². The minimum absolute atomic E-state index is 0. The van der Waals surface area contributed by atoms with Crippen LogP contribution in [-0.2, 0) is 0 Å². The van der Waals surface area contributed by atoms with Crippen molar-refractivity contribution in [1.29, 1.82) is 15.8 Å². The molecule has 19 heavy (non-hydrogen) atoms. The van der Waals surface area contributed by atoms with Gasteiger partial charge in [-0.25, -0.2) is 5.26 Å². The molecule has 0 fully saturated rings. The first kappa shape index (κ1) is 24.1. The van der Waals surface area contributed by atoms with Crippen molar-refractivity contribution in [2.75, 3.05) is 0 Å². The molecular weight excluding hydrogens is 272 g/mol. The molecule has 2 unspecified atom stereocenters. The predicted octanol–water partition coefficient (Wildman–Crippen LogP) is -2.47. The van der Waals surface area contributed by atoms with Crippen LogP contribution in [0.3, 0.4) is 0 Å². The summed E-state index contributed by atoms with van der Waals surface area (Å²) >= 11 is 0. The summed E-state index contributed by atoms with van der Waals surface area (Å²) in [6.07, 6.45) is 4.01. The van der Waals surface area contributed by atoms with Gasteiger partial charge in [0.1, 0.15) is 0 Å². The summed E-state index contributed by atoms with van der Waals surface area (Å²) in [6, 6.07) is 6.15. The van der Waals surface area contributed by atoms with E-state index in [1.807, 2.05) is 6.07 Å². The normalized spacial score (nSPS) is 11.2. The Balaban J connectivity index is -0.000000448. The Morgan fingerprint density at radius 3 is 1.89 bits per heavy atom. The number of hydrogen-bond donors (Lipinski definition) is 3. The van der Waals surface area contributed by atoms with Gasteiger partial charge in [0.2, 0.25) is 0 Å². The maximum absolute atomic E-state index is 8.74. The minimum Gasteiger partial charge on any atom is -0.402 e. The molecule has 0 spiro atoms. The fourth-order valence-corrected chi connectivity index (χ4v) is 1.19. The van der Waals surface area contributed by atoms with E-state index in [0.717, 1.165) is 19.3 Å². The van der Waals surface area contributed by atoms with Crippen molar-refractivity contribution in [3.8, 4) is 18.2 Å². The second-order valence-electron chi connectivity index (χ2n) is 3.58. The minimum atomic E-state index is -2.17. The first-order chi connectivity index (χ1) is 8.49. The standard InChI is InChI=1S/C11H14N3.BH3O3.K/c1-10(8-13)11(9-14)6-4-2-3-5-7-12;2-1(3)4;/h10-11H,1-6H2;2-4H;/q-1;;+1. The van der Waals surface area contributed by atoms with Gasteiger partial charge in [-0.15, -0.1) is 0 Å². The van der Waals surface area contributed by atoms with Gasteiger partial charge < -0.3 is 22.0 Å². The number of unbranched alkanes of at least 4 members (excludes halogenated alkanes) is 3. The van der Waals surface area contributed by atoms with Crippen LogP contribution in [0.5, 0.6) is 0 Å². The Morgan fingerprint density at radius 2 is 1.53 bits per heavy atom. The third-order valence-electron chi connectivity index (χ3n) is 2.12. The largest absolute Gasteiger partial charge is 1.00 e. The summed E-state index contributed by atoms with van der Waals surface area (Å²) in [6.45, 7) is 3.61. The molecule has 0 aliphatic rings. The Bertz CT molecular complexity index is 320. The van der Waals surface area contributed by atoms with E-state index in [-0.39, 0.29) is 57.3 Å². The van der Waals surface area contributed by atoms with Crippen LogP contribution in [0.1, 0.15) is 32.1 Å². The topological polar surface area (TPSA) is 132 Å². The van der Waals surface area contributed by atoms with Crippen LogP contribution in [0, 0.1) is 52.8 Å². The van der Waals surface area contributed by atoms with E-state index in [0.29, 0.717) is 12.8 Å². The zero-order valence-corrected chi connectivity index (χ0v) is 14.3. The van der Waals surface area contributed by atoms with Gasteiger partial charge in [0.15, 0.2) is 0 Å². The molecule has 98 valence electrons. The van der Waals surface area contributed by atoms with Crippen molar-refractivity contribution in [3.05, 3.63) is 6.92 Å². The number of rotatable bonds is 6. The van der Waals surface area contributed by atoms with Crippen molar-refractivity contribution >= 4 is 7.32 Å². The maximum atomic E-state index is 8.74. The average molecular weight is 289 g/mol. The second-order valence-corrected chi connectivity index (χ2v) is 3.58. The number of nitriles is 3. The summed E-state index contributed by atoms with van der Waals surface area (Å²) in [7, 11) is -2.17. The summed E-state index contributed by atoms with van der Waals surface area (Å²) < 4.78 is 0. The van der Waals surface area contributed by atoms with Crippen molar-refractivity contribution in [3.63, 3.8) is 0 Å². The fraction of sp³-hybridized carbons (Fsp3) is 0.636. The molecule has 6 nitrogen and oxygen atoms in total. The zero-order valence-electron chi connectivity index (χ0n) is 11.2. The van der Waals surface area contributed by atoms with Gasteiger partial charge in [0.05, 0.1) is 12.1 Å². The van der Waals surface area contributed by atoms with Gasteiger partial charge in [-0.05, 0) is 12.8 Å². The third-order valence-corrected chi connectivity index (χ3v) is 2.12. The summed E-state index contributed by atoms with van der Waals surface area (Å²) in [4.78, 5) is 0. The third kappa shape index (κ3) is 20.5. The smallest absolute Gasteiger partial charge is 0.402 e. The van der Waals surface area contributed by atoms with E-state index in [4.69, 9.17) is 30.9 Å². The average Bonchev–Trinajstić information content (AvgIpc) is 2.32. The van der Waals surface area contributed by atoms with Gasteiger partial charge >= 0.3 is 58.7 Å². The Hall–Kier alpha value is 0.0513. The maximum Gasteiger partial charge on any atom is 1.00 e. The number of hydrogen-bond acceptors (Lipinski definition) is 6. The van der Waals surface area contributed by atoms with Gasteiger partial charge in [0, 0.05) is 18.4 Å². The molecular formula is C11H17BKN3O3. The van der Waals surface area contributed by atoms with Gasteiger partial charge in [-0.1, -0.05) is 18.8 Å². The Kier molecular flexibility index (Phi) is 22.9. The molecule has 0 rings (SSSR count). The molecule has 0 aliphatic heterocycles. The first-order valence-electron chi connectivity index (χ1n) is 5.53. The molecule has 0 saturated carbocycles. The molecule has 0 amide bonds. The predicted molar refractivity (Wildman–Crippen MR) is 64.7 cm³/mol. The monoisotopic (exact) mass is 289 g/mol. The van der Waals surface area contributed by atoms with Gasteiger partial charge in [-0.3, -0.25) is 0 Å². The molecule has 3 N–H and O–H groups in total. The Labute approximate surface area is 157 Å². The van der Waals surface area contributed by atoms with E-state index in [1.165, 1.54) is 0 Å². The van der Waals surface area contributed by atoms with E-state index in [1.54, 1.807) is 0 Å². The van der Waals surface area contributed by atoms with Crippen molar-refractivity contribution in [1.82, 2.24) is 0 Å². The van der Waals surface area contributed by atoms with E-state index >= 15 is 0 Å². The van der Waals surface area contributed by atoms with Crippen molar-refractivity contribution in [2.45, 2.75) is 32.1 Å². The van der Waals surface area contributed by atoms with Crippen LogP contribution in [0.25, 0.3) is 0 Å². The molecule has 0 aromatic carbocycles. The van der Waals surface area contributed by atoms with Crippen LogP contribution >= 0.6 is 0 Å². The molecule has 0 aromatic heterocycles. The van der Waals surface area contributed by atoms with Crippen molar-refractivity contribution < 1.29 is 66.5 Å². The molecule has 0 heterocycles. The Morgan fingerprint density at radius 1 is 1.00 bits per heavy atom. The van der Waals surface area contributed by atoms with Gasteiger partial charge in [0.25, 0.3) is 0 Å². The quantitative estimate of drug-likeness (QED) is 0.282. The molecule has 2 atom stereocenters. The van der Waals surface area contributed by atoms with Crippen LogP contribution in [0.2, 0.25) is 0 Å². The summed E-state index contributed by atoms with van der Waals surface area (Å²) in [5.41, 5.74) is 0. The zero-order chi connectivity index (χ0) is 14.4. The molecule has 0 aromatic rings. The fourth-order valence-electron chi connectivity index (χ4n) is 1.19. The molecule has 8 heteroatoms. The van der Waals surface area contributed by atoms with Crippen LogP contribution in [0.15, 0.2) is 0 Å². The van der Waals surface area contributed by atoms with E-state index in [9.17, 15) is 0 Å². The molecule has 0 saturated heterocycles. The molecule has 0 bridgehead atoms. The van der Waals surface area contributed by atoms with E-state index < -0.39 is 13.2 Å². The van der Waals surface area contributed by atoms with Crippen molar-refractivity contribution in [2.24, 2.45) is 11.8 Å². The van der Waals surface area contributed by atoms with E-state index in [2.05, 4.69) is 19.1 Å². The van der Waals surface area contributed by atoms with Gasteiger partial charge in [-0.2, -0.15) is 10.5 Å². The van der Waals surface area contributed by atoms with Crippen LogP contribution < -0.4 is 51.4 Å². The SMILES string of the molecule is OB(O)O.[CH2-]C(C#N)C(C#N)CCCCCC#N.[K+]. The number of nitrogens with zero attached hydrogens (tertiary/aromatic N) is 3. The molecule has 0 aliphatic carbocycles. The second kappa shape index (κ2) is 18.1. The molecule has 0 radical (unpaired) electrons. The summed E-state index contributed by atoms with van der Waals surface area (Å²) in [5, 5.41) is 47.1. The van der Waals surface area contributed by atoms with Crippen LogP contribution in [0.4, 0.5) is 0 Å².